The second-order valence-corrected chi connectivity index (χ2v) is 2.27. The molecule has 101 valence electrons. The van der Waals surface area contributed by atoms with Crippen LogP contribution in [0.4, 0.5) is 13.5 Å². The first kappa shape index (κ1) is 24.9. The van der Waals surface area contributed by atoms with Crippen LogP contribution in [0.5, 0.6) is 0 Å². The van der Waals surface area contributed by atoms with Crippen LogP contribution < -0.4 is 0 Å². The van der Waals surface area contributed by atoms with Gasteiger partial charge in [0, 0.05) is 21.0 Å². The molecule has 4 nitrogen and oxygen atoms in total. The zero-order valence-corrected chi connectivity index (χ0v) is 10.1. The molecule has 1 radical (unpaired) electrons. The number of rotatable bonds is 1. The number of ether oxygens (including phenoxy) is 1. The number of hydrogen-bond donors (Lipinski definition) is 1. The SMILES string of the molecule is C#CC(=O)O.C#CC(=O)OC(C)C.C[B]F.FF. The fraction of sp³-hybridized carbons (Fsp3) is 0.400. The Morgan fingerprint density at radius 2 is 1.56 bits per heavy atom. The number of halogens is 3. The van der Waals surface area contributed by atoms with Crippen LogP contribution in [-0.4, -0.2) is 30.7 Å². The maximum atomic E-state index is 10.2. The van der Waals surface area contributed by atoms with E-state index in [9.17, 15) is 9.11 Å². The van der Waals surface area contributed by atoms with Gasteiger partial charge in [0.05, 0.1) is 6.10 Å². The molecule has 0 atom stereocenters. The number of esters is 1. The number of carboxylic acids is 1. The lowest BCUT2D eigenvalue weighted by atomic mass is 10.2. The fourth-order valence-electron chi connectivity index (χ4n) is 0.248. The quantitative estimate of drug-likeness (QED) is 0.339. The van der Waals surface area contributed by atoms with Gasteiger partial charge in [0.25, 0.3) is 0 Å². The zero-order chi connectivity index (χ0) is 15.6. The molecule has 0 rings (SSSR count). The molecular weight excluding hydrogens is 252 g/mol. The molecule has 0 bridgehead atoms. The maximum Gasteiger partial charge on any atom is 0.384 e. The largest absolute Gasteiger partial charge is 0.472 e. The van der Waals surface area contributed by atoms with E-state index in [1.54, 1.807) is 13.8 Å². The molecule has 0 aliphatic heterocycles. The Hall–Kier alpha value is -2.09. The average Bonchev–Trinajstić information content (AvgIpc) is 2.32. The Bertz CT molecular complexity index is 282. The third kappa shape index (κ3) is 66.3. The molecule has 0 saturated carbocycles. The summed E-state index contributed by atoms with van der Waals surface area (Å²) in [6, 6.07) is 0. The Morgan fingerprint density at radius 1 is 1.28 bits per heavy atom. The lowest BCUT2D eigenvalue weighted by Gasteiger charge is -2.01. The summed E-state index contributed by atoms with van der Waals surface area (Å²) < 4.78 is 30.7. The van der Waals surface area contributed by atoms with E-state index < -0.39 is 11.9 Å². The van der Waals surface area contributed by atoms with Crippen molar-refractivity contribution in [1.82, 2.24) is 0 Å². The summed E-state index contributed by atoms with van der Waals surface area (Å²) in [4.78, 5) is 19.3. The third-order valence-corrected chi connectivity index (χ3v) is 0.584. The molecule has 0 fully saturated rings. The number of carbonyl (C=O) groups is 2. The van der Waals surface area contributed by atoms with Gasteiger partial charge in [-0.15, -0.1) is 12.8 Å². The summed E-state index contributed by atoms with van der Waals surface area (Å²) in [7, 11) is 0.500. The first-order chi connectivity index (χ1) is 8.35. The minimum absolute atomic E-state index is 0.112. The van der Waals surface area contributed by atoms with E-state index in [-0.39, 0.29) is 6.10 Å². The molecule has 0 unspecified atom stereocenters. The van der Waals surface area contributed by atoms with Crippen LogP contribution in [-0.2, 0) is 14.3 Å². The minimum atomic E-state index is -1.22. The molecule has 0 aromatic carbocycles. The minimum Gasteiger partial charge on any atom is -0.472 e. The molecule has 0 amide bonds. The molecule has 0 spiro atoms. The van der Waals surface area contributed by atoms with Crippen LogP contribution in [0.3, 0.4) is 0 Å². The van der Waals surface area contributed by atoms with Crippen molar-refractivity contribution >= 4 is 19.5 Å². The van der Waals surface area contributed by atoms with Crippen LogP contribution in [0, 0.1) is 24.7 Å². The first-order valence-corrected chi connectivity index (χ1v) is 4.24. The highest BCUT2D eigenvalue weighted by molar-refractivity contribution is 6.23. The lowest BCUT2D eigenvalue weighted by Crippen LogP contribution is -2.08. The fourth-order valence-corrected chi connectivity index (χ4v) is 0.248. The summed E-state index contributed by atoms with van der Waals surface area (Å²) >= 11 is 0. The predicted molar refractivity (Wildman–Crippen MR) is 61.5 cm³/mol. The normalized spacial score (nSPS) is 6.28. The zero-order valence-electron chi connectivity index (χ0n) is 10.1. The monoisotopic (exact) mass is 265 g/mol. The van der Waals surface area contributed by atoms with Gasteiger partial charge in [0.2, 0.25) is 0 Å². The lowest BCUT2D eigenvalue weighted by molar-refractivity contribution is -0.140. The number of hydrogen-bond acceptors (Lipinski definition) is 3. The standard InChI is InChI=1S/C6H8O2.C3H2O2.CH3BF.F2/c1-4-6(7)8-5(2)3;1-2-3(4)5;1-2-3;1-2/h1,5H,2-3H3;1H,(H,4,5);1H3;. The van der Waals surface area contributed by atoms with Crippen molar-refractivity contribution in [2.75, 3.05) is 0 Å². The molecule has 8 heteroatoms. The molecular formula is C10H13BF3O4. The molecule has 0 saturated heterocycles. The first-order valence-electron chi connectivity index (χ1n) is 4.24. The number of carboxylic acid groups (broad SMARTS) is 1. The Balaban J connectivity index is -0.0000000842. The van der Waals surface area contributed by atoms with Gasteiger partial charge >= 0.3 is 19.5 Å². The van der Waals surface area contributed by atoms with Crippen LogP contribution in [0.2, 0.25) is 6.82 Å². The Morgan fingerprint density at radius 3 is 1.61 bits per heavy atom. The smallest absolute Gasteiger partial charge is 0.384 e. The van der Waals surface area contributed by atoms with Crippen LogP contribution in [0.15, 0.2) is 0 Å². The van der Waals surface area contributed by atoms with Crippen LogP contribution >= 0.6 is 0 Å². The van der Waals surface area contributed by atoms with E-state index in [0.717, 1.165) is 0 Å². The molecule has 18 heavy (non-hydrogen) atoms. The van der Waals surface area contributed by atoms with Crippen molar-refractivity contribution in [2.45, 2.75) is 26.8 Å². The molecule has 0 aromatic heterocycles. The van der Waals surface area contributed by atoms with Crippen LogP contribution in [0.1, 0.15) is 13.8 Å². The molecule has 0 aromatic rings. The van der Waals surface area contributed by atoms with E-state index in [1.807, 2.05) is 5.92 Å². The van der Waals surface area contributed by atoms with E-state index >= 15 is 0 Å². The van der Waals surface area contributed by atoms with Crippen LogP contribution in [0.25, 0.3) is 0 Å². The summed E-state index contributed by atoms with van der Waals surface area (Å²) in [6.07, 6.45) is 8.91. The van der Waals surface area contributed by atoms with Crippen molar-refractivity contribution < 1.29 is 32.9 Å². The van der Waals surface area contributed by atoms with Gasteiger partial charge in [-0.25, -0.2) is 9.59 Å². The number of carbonyl (C=O) groups excluding carboxylic acids is 1. The van der Waals surface area contributed by atoms with Gasteiger partial charge in [-0.2, -0.15) is 0 Å². The van der Waals surface area contributed by atoms with Crippen molar-refractivity contribution in [3.05, 3.63) is 0 Å². The second kappa shape index (κ2) is 24.2. The third-order valence-electron chi connectivity index (χ3n) is 0.584. The van der Waals surface area contributed by atoms with Crippen molar-refractivity contribution in [3.63, 3.8) is 0 Å². The van der Waals surface area contributed by atoms with Gasteiger partial charge in [-0.1, -0.05) is 6.82 Å². The van der Waals surface area contributed by atoms with Gasteiger partial charge in [0.1, 0.15) is 0 Å². The highest BCUT2D eigenvalue weighted by Gasteiger charge is 1.97. The van der Waals surface area contributed by atoms with Gasteiger partial charge in [-0.3, -0.25) is 0 Å². The van der Waals surface area contributed by atoms with E-state index in [4.69, 9.17) is 25.5 Å². The van der Waals surface area contributed by atoms with Crippen molar-refractivity contribution in [3.8, 4) is 24.7 Å². The highest BCUT2D eigenvalue weighted by Crippen LogP contribution is 1.85. The summed E-state index contributed by atoms with van der Waals surface area (Å²) in [6.45, 7) is 4.82. The van der Waals surface area contributed by atoms with Gasteiger partial charge < -0.3 is 14.2 Å². The summed E-state index contributed by atoms with van der Waals surface area (Å²) in [5.74, 6) is 1.46. The Labute approximate surface area is 105 Å². The van der Waals surface area contributed by atoms with Gasteiger partial charge in [0.15, 0.2) is 0 Å². The molecule has 0 heterocycles. The number of aliphatic carboxylic acids is 1. The molecule has 1 N–H and O–H groups in total. The second-order valence-electron chi connectivity index (χ2n) is 2.27. The molecule has 0 aliphatic rings. The van der Waals surface area contributed by atoms with E-state index in [0.29, 0.717) is 7.56 Å². The highest BCUT2D eigenvalue weighted by atomic mass is 20.0. The Kier molecular flexibility index (Phi) is 33.6. The molecule has 0 aliphatic carbocycles. The summed E-state index contributed by atoms with van der Waals surface area (Å²) in [5, 5.41) is 7.49. The average molecular weight is 265 g/mol. The maximum absolute atomic E-state index is 10.2. The van der Waals surface area contributed by atoms with Crippen molar-refractivity contribution in [2.24, 2.45) is 0 Å². The topological polar surface area (TPSA) is 63.6 Å². The summed E-state index contributed by atoms with van der Waals surface area (Å²) in [5.41, 5.74) is 0. The van der Waals surface area contributed by atoms with Crippen molar-refractivity contribution in [1.29, 1.82) is 0 Å². The van der Waals surface area contributed by atoms with E-state index in [1.165, 1.54) is 12.7 Å². The van der Waals surface area contributed by atoms with E-state index in [2.05, 4.69) is 11.2 Å². The predicted octanol–water partition coefficient (Wildman–Crippen LogP) is 1.74. The number of terminal acetylenes is 2. The van der Waals surface area contributed by atoms with Gasteiger partial charge in [-0.05, 0) is 13.8 Å².